The second-order valence-electron chi connectivity index (χ2n) is 9.70. The standard InChI is InChI=1S/C18H42N6.2ClHO4.Ni/c1-13-7-17(3,4)23-16(10-20)12-22-14(2)8-18(5,6)24-15(9-19)11-21-13;2*2-1(3,4)5;/h13-16,21-24H,7-12,19-20H2,1-6H3;2*(H,2,3,4,5);/q;;;+2/p-2/t13-,14+,15-,16-;;;/m0.../s1. The smallest absolute Gasteiger partial charge is 0.329 e. The molecule has 0 aromatic carbocycles. The molecule has 1 rings (SSSR count). The van der Waals surface area contributed by atoms with E-state index in [0.717, 1.165) is 25.9 Å². The number of hydrogen-bond acceptors (Lipinski definition) is 14. The summed E-state index contributed by atoms with van der Waals surface area (Å²) in [6.45, 7) is 16.6. The zero-order valence-corrected chi connectivity index (χ0v) is 23.5. The van der Waals surface area contributed by atoms with E-state index in [4.69, 9.17) is 48.7 Å². The maximum Gasteiger partial charge on any atom is 2.00 e. The van der Waals surface area contributed by atoms with Gasteiger partial charge in [-0.25, -0.2) is 37.3 Å². The van der Waals surface area contributed by atoms with Crippen LogP contribution in [-0.4, -0.2) is 61.4 Å². The maximum absolute atomic E-state index is 8.49. The molecule has 0 radical (unpaired) electrons. The molecule has 0 unspecified atom stereocenters. The van der Waals surface area contributed by atoms with Crippen molar-refractivity contribution < 1.29 is 74.2 Å². The zero-order valence-electron chi connectivity index (χ0n) is 21.0. The number of nitrogens with two attached hydrogens (primary N) is 2. The number of nitrogens with one attached hydrogen (secondary N) is 4. The molecule has 1 heterocycles. The quantitative estimate of drug-likeness (QED) is 0.161. The third-order valence-corrected chi connectivity index (χ3v) is 4.82. The first-order valence-corrected chi connectivity index (χ1v) is 13.2. The Morgan fingerprint density at radius 3 is 1.09 bits per heavy atom. The molecule has 216 valence electrons. The van der Waals surface area contributed by atoms with Gasteiger partial charge in [-0.15, -0.1) is 20.5 Å². The molecule has 4 atom stereocenters. The summed E-state index contributed by atoms with van der Waals surface area (Å²) < 4.78 is 67.9. The average molecular weight is 600 g/mol. The maximum atomic E-state index is 8.49. The Bertz CT molecular complexity index is 486. The van der Waals surface area contributed by atoms with Crippen LogP contribution in [0.1, 0.15) is 54.4 Å². The Morgan fingerprint density at radius 1 is 0.657 bits per heavy atom. The summed E-state index contributed by atoms with van der Waals surface area (Å²) in [5.41, 5.74) is 12.0. The monoisotopic (exact) mass is 598 g/mol. The van der Waals surface area contributed by atoms with Crippen LogP contribution in [0.4, 0.5) is 0 Å². The Morgan fingerprint density at radius 2 is 0.886 bits per heavy atom. The SMILES string of the molecule is C[C@@H]1CC(C)(C)N[C@@H](CN)CN[C@@H](C)CC(C)(C)N[C@@H](CN)CN1.[Ni+2].[O-][Cl+3]([O-])([O-])[O-].[O-][Cl+3]([O-])([O-])[O-]. The Balaban J connectivity index is -0.000000784. The third kappa shape index (κ3) is 30.6. The van der Waals surface area contributed by atoms with Gasteiger partial charge in [0.05, 0.1) is 0 Å². The van der Waals surface area contributed by atoms with E-state index in [1.165, 1.54) is 0 Å². The van der Waals surface area contributed by atoms with Gasteiger partial charge in [-0.2, -0.15) is 0 Å². The fourth-order valence-electron chi connectivity index (χ4n) is 3.97. The molecule has 14 nitrogen and oxygen atoms in total. The summed E-state index contributed by atoms with van der Waals surface area (Å²) in [6.07, 6.45) is 2.08. The molecule has 0 aliphatic carbocycles. The summed E-state index contributed by atoms with van der Waals surface area (Å²) in [7, 11) is -9.89. The van der Waals surface area contributed by atoms with Gasteiger partial charge in [-0.05, 0) is 54.4 Å². The van der Waals surface area contributed by atoms with Gasteiger partial charge in [0, 0.05) is 61.4 Å². The van der Waals surface area contributed by atoms with Gasteiger partial charge in [0.2, 0.25) is 0 Å². The van der Waals surface area contributed by atoms with Crippen LogP contribution in [-0.2, 0) is 16.5 Å². The molecule has 0 bridgehead atoms. The van der Waals surface area contributed by atoms with E-state index in [0.29, 0.717) is 25.2 Å². The van der Waals surface area contributed by atoms with Crippen LogP contribution >= 0.6 is 0 Å². The summed E-state index contributed by atoms with van der Waals surface area (Å²) in [5, 5.41) is 14.7. The van der Waals surface area contributed by atoms with E-state index in [1.54, 1.807) is 0 Å². The van der Waals surface area contributed by atoms with Gasteiger partial charge in [-0.3, -0.25) is 0 Å². The fourth-order valence-corrected chi connectivity index (χ4v) is 3.97. The normalized spacial score (nSPS) is 28.1. The van der Waals surface area contributed by atoms with E-state index in [1.807, 2.05) is 0 Å². The molecular weight excluding hydrogens is 558 g/mol. The predicted molar refractivity (Wildman–Crippen MR) is 104 cm³/mol. The van der Waals surface area contributed by atoms with Crippen LogP contribution < -0.4 is 70.0 Å². The molecule has 35 heavy (non-hydrogen) atoms. The molecule has 8 N–H and O–H groups in total. The van der Waals surface area contributed by atoms with Crippen molar-refractivity contribution >= 4 is 0 Å². The number of hydrogen-bond donors (Lipinski definition) is 6. The average Bonchev–Trinajstić information content (AvgIpc) is 2.57. The first kappa shape index (κ1) is 40.0. The number of halogens is 2. The Hall–Kier alpha value is 0.514. The van der Waals surface area contributed by atoms with Crippen molar-refractivity contribution in [1.82, 2.24) is 21.3 Å². The van der Waals surface area contributed by atoms with E-state index < -0.39 is 20.5 Å². The second kappa shape index (κ2) is 17.9. The summed E-state index contributed by atoms with van der Waals surface area (Å²) in [5.74, 6) is 0. The third-order valence-electron chi connectivity index (χ3n) is 4.82. The molecule has 1 aliphatic rings. The number of rotatable bonds is 2. The van der Waals surface area contributed by atoms with Gasteiger partial charge < -0.3 is 32.7 Å². The van der Waals surface area contributed by atoms with Crippen LogP contribution in [0, 0.1) is 20.5 Å². The van der Waals surface area contributed by atoms with Gasteiger partial charge in [0.1, 0.15) is 0 Å². The molecule has 1 aliphatic heterocycles. The van der Waals surface area contributed by atoms with Crippen molar-refractivity contribution in [3.05, 3.63) is 0 Å². The Kier molecular flexibility index (Phi) is 20.5. The van der Waals surface area contributed by atoms with Gasteiger partial charge >= 0.3 is 16.5 Å². The molecule has 0 spiro atoms. The molecule has 17 heteroatoms. The van der Waals surface area contributed by atoms with E-state index in [-0.39, 0.29) is 39.7 Å². The molecule has 0 saturated carbocycles. The van der Waals surface area contributed by atoms with Gasteiger partial charge in [0.25, 0.3) is 0 Å². The molecular formula is C18H42Cl2N6NiO8. The van der Waals surface area contributed by atoms with Crippen LogP contribution in [0.25, 0.3) is 0 Å². The van der Waals surface area contributed by atoms with Crippen molar-refractivity contribution in [2.45, 2.75) is 89.6 Å². The second-order valence-corrected chi connectivity index (χ2v) is 11.2. The van der Waals surface area contributed by atoms with Crippen molar-refractivity contribution in [1.29, 1.82) is 0 Å². The summed E-state index contributed by atoms with van der Waals surface area (Å²) in [6, 6.07) is 1.40. The van der Waals surface area contributed by atoms with Gasteiger partial charge in [-0.1, -0.05) is 0 Å². The van der Waals surface area contributed by atoms with Crippen LogP contribution in [0.15, 0.2) is 0 Å². The largest absolute Gasteiger partial charge is 2.00 e. The van der Waals surface area contributed by atoms with E-state index >= 15 is 0 Å². The minimum atomic E-state index is -4.94. The molecule has 0 amide bonds. The Labute approximate surface area is 222 Å². The minimum Gasteiger partial charge on any atom is -0.329 e. The first-order valence-electron chi connectivity index (χ1n) is 10.7. The molecule has 0 aromatic rings. The van der Waals surface area contributed by atoms with Crippen LogP contribution in [0.2, 0.25) is 0 Å². The van der Waals surface area contributed by atoms with Crippen LogP contribution in [0.5, 0.6) is 0 Å². The first-order chi connectivity index (χ1) is 15.1. The van der Waals surface area contributed by atoms with Gasteiger partial charge in [0.15, 0.2) is 0 Å². The van der Waals surface area contributed by atoms with E-state index in [2.05, 4.69) is 62.8 Å². The van der Waals surface area contributed by atoms with Crippen molar-refractivity contribution in [2.24, 2.45) is 11.5 Å². The molecule has 0 aromatic heterocycles. The molecule has 1 saturated heterocycles. The van der Waals surface area contributed by atoms with Crippen molar-refractivity contribution in [2.75, 3.05) is 26.2 Å². The molecule has 1 fully saturated rings. The predicted octanol–water partition coefficient (Wildman–Crippen LogP) is -9.39. The zero-order chi connectivity index (χ0) is 27.4. The van der Waals surface area contributed by atoms with Crippen LogP contribution in [0.3, 0.4) is 0 Å². The van der Waals surface area contributed by atoms with Crippen molar-refractivity contribution in [3.63, 3.8) is 0 Å². The van der Waals surface area contributed by atoms with Crippen molar-refractivity contribution in [3.8, 4) is 0 Å². The minimum absolute atomic E-state index is 0. The van der Waals surface area contributed by atoms with E-state index in [9.17, 15) is 0 Å². The fraction of sp³-hybridized carbons (Fsp3) is 1.00. The summed E-state index contributed by atoms with van der Waals surface area (Å²) in [4.78, 5) is 0. The summed E-state index contributed by atoms with van der Waals surface area (Å²) >= 11 is 0. The topological polar surface area (TPSA) is 285 Å².